The second-order valence-corrected chi connectivity index (χ2v) is 5.24. The Morgan fingerprint density at radius 1 is 1.16 bits per heavy atom. The Bertz CT molecular complexity index is 420. The van der Waals surface area contributed by atoms with Gasteiger partial charge in [0, 0.05) is 5.92 Å². The monoisotopic (exact) mass is 264 g/mol. The summed E-state index contributed by atoms with van der Waals surface area (Å²) in [6.07, 6.45) is 7.56. The van der Waals surface area contributed by atoms with Crippen LogP contribution in [0.2, 0.25) is 0 Å². The van der Waals surface area contributed by atoms with Crippen molar-refractivity contribution >= 4 is 17.3 Å². The summed E-state index contributed by atoms with van der Waals surface area (Å²) in [5, 5.41) is 2.66. The van der Waals surface area contributed by atoms with Crippen molar-refractivity contribution in [2.75, 3.05) is 11.1 Å². The van der Waals surface area contributed by atoms with Crippen molar-refractivity contribution in [2.24, 2.45) is 5.92 Å². The van der Waals surface area contributed by atoms with Gasteiger partial charge in [0.25, 0.3) is 0 Å². The van der Waals surface area contributed by atoms with Crippen molar-refractivity contribution < 1.29 is 9.18 Å². The second-order valence-electron chi connectivity index (χ2n) is 5.24. The van der Waals surface area contributed by atoms with Gasteiger partial charge in [-0.05, 0) is 25.0 Å². The van der Waals surface area contributed by atoms with Crippen LogP contribution < -0.4 is 11.1 Å². The van der Waals surface area contributed by atoms with Crippen molar-refractivity contribution in [3.05, 3.63) is 24.0 Å². The Morgan fingerprint density at radius 2 is 1.79 bits per heavy atom. The van der Waals surface area contributed by atoms with Crippen LogP contribution in [0.15, 0.2) is 18.2 Å². The molecule has 1 aromatic rings. The molecule has 0 unspecified atom stereocenters. The van der Waals surface area contributed by atoms with E-state index in [0.29, 0.717) is 0 Å². The molecule has 1 fully saturated rings. The first kappa shape index (κ1) is 13.8. The Kier molecular flexibility index (Phi) is 4.77. The van der Waals surface area contributed by atoms with Gasteiger partial charge in [-0.3, -0.25) is 4.79 Å². The first-order valence-corrected chi connectivity index (χ1v) is 7.03. The molecule has 0 heterocycles. The minimum Gasteiger partial charge on any atom is -0.397 e. The van der Waals surface area contributed by atoms with Gasteiger partial charge in [-0.25, -0.2) is 4.39 Å². The lowest BCUT2D eigenvalue weighted by molar-refractivity contribution is -0.120. The SMILES string of the molecule is Nc1cccc(F)c1NC(=O)C1CCCCCCC1. The molecule has 1 saturated carbocycles. The predicted molar refractivity (Wildman–Crippen MR) is 75.3 cm³/mol. The summed E-state index contributed by atoms with van der Waals surface area (Å²) in [4.78, 5) is 12.2. The highest BCUT2D eigenvalue weighted by Crippen LogP contribution is 2.26. The molecular weight excluding hydrogens is 243 g/mol. The van der Waals surface area contributed by atoms with E-state index in [1.54, 1.807) is 6.07 Å². The molecule has 0 saturated heterocycles. The molecule has 3 nitrogen and oxygen atoms in total. The molecule has 0 aromatic heterocycles. The molecular formula is C15H21FN2O. The Hall–Kier alpha value is -1.58. The summed E-state index contributed by atoms with van der Waals surface area (Å²) in [6, 6.07) is 4.44. The number of amides is 1. The summed E-state index contributed by atoms with van der Waals surface area (Å²) in [7, 11) is 0. The van der Waals surface area contributed by atoms with Crippen LogP contribution in [0.4, 0.5) is 15.8 Å². The maximum Gasteiger partial charge on any atom is 0.227 e. The van der Waals surface area contributed by atoms with E-state index in [1.165, 1.54) is 31.4 Å². The first-order chi connectivity index (χ1) is 9.18. The minimum atomic E-state index is -0.473. The fourth-order valence-corrected chi connectivity index (χ4v) is 2.62. The van der Waals surface area contributed by atoms with Crippen molar-refractivity contribution in [3.63, 3.8) is 0 Å². The Balaban J connectivity index is 2.03. The van der Waals surface area contributed by atoms with E-state index in [2.05, 4.69) is 5.32 Å². The summed E-state index contributed by atoms with van der Waals surface area (Å²) in [5.74, 6) is -0.586. The highest BCUT2D eigenvalue weighted by Gasteiger charge is 2.21. The lowest BCUT2D eigenvalue weighted by Crippen LogP contribution is -2.24. The lowest BCUT2D eigenvalue weighted by Gasteiger charge is -2.19. The largest absolute Gasteiger partial charge is 0.397 e. The summed E-state index contributed by atoms with van der Waals surface area (Å²) >= 11 is 0. The van der Waals surface area contributed by atoms with E-state index in [1.807, 2.05) is 0 Å². The number of nitrogens with one attached hydrogen (secondary N) is 1. The van der Waals surface area contributed by atoms with Crippen molar-refractivity contribution in [3.8, 4) is 0 Å². The number of nitrogen functional groups attached to an aromatic ring is 1. The van der Waals surface area contributed by atoms with Crippen LogP contribution in [-0.4, -0.2) is 5.91 Å². The Labute approximate surface area is 113 Å². The molecule has 4 heteroatoms. The molecule has 1 aliphatic rings. The van der Waals surface area contributed by atoms with Crippen molar-refractivity contribution in [2.45, 2.75) is 44.9 Å². The smallest absolute Gasteiger partial charge is 0.227 e. The molecule has 0 spiro atoms. The standard InChI is InChI=1S/C15H21FN2O/c16-12-9-6-10-13(17)14(12)18-15(19)11-7-4-2-1-3-5-8-11/h6,9-11H,1-5,7-8,17H2,(H,18,19). The van der Waals surface area contributed by atoms with E-state index in [-0.39, 0.29) is 23.2 Å². The number of carbonyl (C=O) groups excluding carboxylic acids is 1. The zero-order chi connectivity index (χ0) is 13.7. The molecule has 1 aromatic carbocycles. The molecule has 104 valence electrons. The van der Waals surface area contributed by atoms with Crippen LogP contribution in [0.25, 0.3) is 0 Å². The van der Waals surface area contributed by atoms with Gasteiger partial charge < -0.3 is 11.1 Å². The maximum atomic E-state index is 13.6. The van der Waals surface area contributed by atoms with Crippen molar-refractivity contribution in [1.82, 2.24) is 0 Å². The van der Waals surface area contributed by atoms with Crippen LogP contribution in [0.3, 0.4) is 0 Å². The number of nitrogens with two attached hydrogens (primary N) is 1. The van der Waals surface area contributed by atoms with Gasteiger partial charge in [0.1, 0.15) is 11.5 Å². The lowest BCUT2D eigenvalue weighted by atomic mass is 9.90. The Morgan fingerprint density at radius 3 is 2.42 bits per heavy atom. The predicted octanol–water partition coefficient (Wildman–Crippen LogP) is 3.71. The highest BCUT2D eigenvalue weighted by molar-refractivity contribution is 5.95. The van der Waals surface area contributed by atoms with Crippen LogP contribution in [0.5, 0.6) is 0 Å². The van der Waals surface area contributed by atoms with Gasteiger partial charge in [0.05, 0.1) is 5.69 Å². The summed E-state index contributed by atoms with van der Waals surface area (Å²) in [6.45, 7) is 0. The zero-order valence-electron chi connectivity index (χ0n) is 11.1. The summed E-state index contributed by atoms with van der Waals surface area (Å²) < 4.78 is 13.6. The van der Waals surface area contributed by atoms with Crippen LogP contribution in [-0.2, 0) is 4.79 Å². The number of benzene rings is 1. The summed E-state index contributed by atoms with van der Waals surface area (Å²) in [5.41, 5.74) is 6.10. The number of para-hydroxylation sites is 1. The van der Waals surface area contributed by atoms with Gasteiger partial charge in [0.15, 0.2) is 0 Å². The number of hydrogen-bond donors (Lipinski definition) is 2. The first-order valence-electron chi connectivity index (χ1n) is 7.03. The van der Waals surface area contributed by atoms with Gasteiger partial charge >= 0.3 is 0 Å². The average molecular weight is 264 g/mol. The molecule has 0 radical (unpaired) electrons. The quantitative estimate of drug-likeness (QED) is 0.800. The number of hydrogen-bond acceptors (Lipinski definition) is 2. The molecule has 19 heavy (non-hydrogen) atoms. The zero-order valence-corrected chi connectivity index (χ0v) is 11.1. The average Bonchev–Trinajstić information content (AvgIpc) is 2.33. The van der Waals surface area contributed by atoms with Crippen LogP contribution >= 0.6 is 0 Å². The maximum absolute atomic E-state index is 13.6. The van der Waals surface area contributed by atoms with E-state index in [0.717, 1.165) is 25.7 Å². The van der Waals surface area contributed by atoms with E-state index < -0.39 is 5.82 Å². The molecule has 2 rings (SSSR count). The number of halogens is 1. The van der Waals surface area contributed by atoms with Gasteiger partial charge in [-0.15, -0.1) is 0 Å². The third kappa shape index (κ3) is 3.69. The van der Waals surface area contributed by atoms with Crippen LogP contribution in [0.1, 0.15) is 44.9 Å². The van der Waals surface area contributed by atoms with E-state index in [9.17, 15) is 9.18 Å². The molecule has 0 aliphatic heterocycles. The van der Waals surface area contributed by atoms with Crippen molar-refractivity contribution in [1.29, 1.82) is 0 Å². The van der Waals surface area contributed by atoms with Gasteiger partial charge in [-0.2, -0.15) is 0 Å². The van der Waals surface area contributed by atoms with E-state index in [4.69, 9.17) is 5.73 Å². The third-order valence-electron chi connectivity index (χ3n) is 3.77. The third-order valence-corrected chi connectivity index (χ3v) is 3.77. The topological polar surface area (TPSA) is 55.1 Å². The normalized spacial score (nSPS) is 17.5. The van der Waals surface area contributed by atoms with Gasteiger partial charge in [-0.1, -0.05) is 38.2 Å². The number of rotatable bonds is 2. The minimum absolute atomic E-state index is 0.0145. The molecule has 0 atom stereocenters. The van der Waals surface area contributed by atoms with E-state index >= 15 is 0 Å². The fraction of sp³-hybridized carbons (Fsp3) is 0.533. The van der Waals surface area contributed by atoms with Crippen LogP contribution in [0, 0.1) is 11.7 Å². The fourth-order valence-electron chi connectivity index (χ4n) is 2.62. The number of anilines is 2. The molecule has 3 N–H and O–H groups in total. The highest BCUT2D eigenvalue weighted by atomic mass is 19.1. The molecule has 0 bridgehead atoms. The second kappa shape index (κ2) is 6.55. The van der Waals surface area contributed by atoms with Gasteiger partial charge in [0.2, 0.25) is 5.91 Å². The number of carbonyl (C=O) groups is 1. The molecule has 1 aliphatic carbocycles. The molecule has 1 amide bonds.